The number of aromatic nitrogens is 1. The molecule has 1 N–H and O–H groups in total. The second kappa shape index (κ2) is 9.80. The van der Waals surface area contributed by atoms with Crippen molar-refractivity contribution in [1.82, 2.24) is 4.98 Å². The number of fused-ring (bicyclic) bond motifs is 1. The fourth-order valence-electron chi connectivity index (χ4n) is 3.94. The van der Waals surface area contributed by atoms with Gasteiger partial charge < -0.3 is 24.1 Å². The maximum atomic E-state index is 12.3. The van der Waals surface area contributed by atoms with E-state index >= 15 is 0 Å². The van der Waals surface area contributed by atoms with Crippen molar-refractivity contribution in [2.45, 2.75) is 13.8 Å². The van der Waals surface area contributed by atoms with Crippen molar-refractivity contribution in [3.05, 3.63) is 71.9 Å². The van der Waals surface area contributed by atoms with Gasteiger partial charge in [-0.3, -0.25) is 4.98 Å². The van der Waals surface area contributed by atoms with Gasteiger partial charge in [0, 0.05) is 17.6 Å². The Morgan fingerprint density at radius 1 is 0.771 bits per heavy atom. The molecule has 0 aliphatic heterocycles. The number of hydrogen-bond acceptors (Lipinski definition) is 6. The molecule has 1 aromatic heterocycles. The van der Waals surface area contributed by atoms with Crippen LogP contribution in [0.3, 0.4) is 0 Å². The van der Waals surface area contributed by atoms with Crippen LogP contribution in [0.5, 0.6) is 28.7 Å². The third-order valence-corrected chi connectivity index (χ3v) is 5.89. The predicted molar refractivity (Wildman–Crippen MR) is 134 cm³/mol. The van der Waals surface area contributed by atoms with Crippen molar-refractivity contribution in [1.29, 1.82) is 0 Å². The summed E-state index contributed by atoms with van der Waals surface area (Å²) in [7, 11) is 4.66. The van der Waals surface area contributed by atoms with Gasteiger partial charge in [0.25, 0.3) is 0 Å². The van der Waals surface area contributed by atoms with Crippen molar-refractivity contribution in [2.24, 2.45) is 0 Å². The first-order valence-corrected chi connectivity index (χ1v) is 10.8. The zero-order chi connectivity index (χ0) is 25.1. The molecule has 4 aromatic rings. The van der Waals surface area contributed by atoms with Crippen LogP contribution >= 0.6 is 0 Å². The lowest BCUT2D eigenvalue weighted by atomic mass is 10.1. The van der Waals surface area contributed by atoms with E-state index in [9.17, 15) is 9.90 Å². The lowest BCUT2D eigenvalue weighted by Gasteiger charge is -2.25. The van der Waals surface area contributed by atoms with Crippen LogP contribution in [0.15, 0.2) is 60.8 Å². The van der Waals surface area contributed by atoms with Gasteiger partial charge in [0.2, 0.25) is 0 Å². The minimum Gasteiger partial charge on any atom is -0.495 e. The second-order valence-electron chi connectivity index (χ2n) is 7.76. The van der Waals surface area contributed by atoms with Crippen LogP contribution < -0.4 is 23.8 Å². The molecular formula is C27H26N2O6. The third-order valence-electron chi connectivity index (χ3n) is 5.89. The standard InChI is InChI=1S/C27H26N2O6/c1-16-17(2)22(11-10-20(16)29(27(30)31)21-8-6-7-9-24(21)32-3)35-23-12-13-28-19-15-26(34-5)25(33-4)14-18(19)23/h6-15H,1-5H3,(H,30,31). The Hall–Kier alpha value is -4.46. The number of carboxylic acid groups (broad SMARTS) is 1. The number of para-hydroxylation sites is 2. The van der Waals surface area contributed by atoms with Crippen LogP contribution in [0, 0.1) is 13.8 Å². The molecule has 4 rings (SSSR count). The van der Waals surface area contributed by atoms with Crippen molar-refractivity contribution >= 4 is 28.4 Å². The number of hydrogen-bond donors (Lipinski definition) is 1. The summed E-state index contributed by atoms with van der Waals surface area (Å²) in [6, 6.07) is 15.9. The van der Waals surface area contributed by atoms with E-state index in [4.69, 9.17) is 18.9 Å². The Kier molecular flexibility index (Phi) is 6.64. The number of nitrogens with zero attached hydrogens (tertiary/aromatic N) is 2. The summed E-state index contributed by atoms with van der Waals surface area (Å²) < 4.78 is 22.5. The molecule has 35 heavy (non-hydrogen) atoms. The Labute approximate surface area is 203 Å². The Morgan fingerprint density at radius 2 is 1.46 bits per heavy atom. The molecule has 0 radical (unpaired) electrons. The first kappa shape index (κ1) is 23.7. The number of anilines is 2. The van der Waals surface area contributed by atoms with E-state index in [0.717, 1.165) is 16.5 Å². The zero-order valence-corrected chi connectivity index (χ0v) is 20.2. The van der Waals surface area contributed by atoms with E-state index in [0.29, 0.717) is 45.6 Å². The van der Waals surface area contributed by atoms with Gasteiger partial charge in [0.1, 0.15) is 17.2 Å². The molecule has 0 atom stereocenters. The molecule has 0 fully saturated rings. The molecule has 0 unspecified atom stereocenters. The van der Waals surface area contributed by atoms with Crippen molar-refractivity contribution in [3.8, 4) is 28.7 Å². The number of pyridine rings is 1. The lowest BCUT2D eigenvalue weighted by molar-refractivity contribution is 0.204. The minimum atomic E-state index is -1.12. The normalized spacial score (nSPS) is 10.7. The summed E-state index contributed by atoms with van der Waals surface area (Å²) in [5.41, 5.74) is 3.19. The van der Waals surface area contributed by atoms with Gasteiger partial charge in [-0.05, 0) is 61.4 Å². The fraction of sp³-hybridized carbons (Fsp3) is 0.185. The molecule has 0 aliphatic rings. The highest BCUT2D eigenvalue weighted by molar-refractivity contribution is 5.97. The van der Waals surface area contributed by atoms with Crippen LogP contribution in [0.25, 0.3) is 10.9 Å². The smallest absolute Gasteiger partial charge is 0.416 e. The van der Waals surface area contributed by atoms with E-state index in [1.54, 1.807) is 68.9 Å². The van der Waals surface area contributed by atoms with Crippen molar-refractivity contribution in [2.75, 3.05) is 26.2 Å². The maximum Gasteiger partial charge on any atom is 0.416 e. The first-order valence-electron chi connectivity index (χ1n) is 10.8. The predicted octanol–water partition coefficient (Wildman–Crippen LogP) is 6.49. The average Bonchev–Trinajstić information content (AvgIpc) is 2.87. The fourth-order valence-corrected chi connectivity index (χ4v) is 3.94. The van der Waals surface area contributed by atoms with Crippen molar-refractivity contribution in [3.63, 3.8) is 0 Å². The van der Waals surface area contributed by atoms with Gasteiger partial charge in [-0.15, -0.1) is 0 Å². The van der Waals surface area contributed by atoms with Gasteiger partial charge in [0.15, 0.2) is 11.5 Å². The number of carbonyl (C=O) groups is 1. The topological polar surface area (TPSA) is 90.4 Å². The zero-order valence-electron chi connectivity index (χ0n) is 20.2. The van der Waals surface area contributed by atoms with Crippen LogP contribution in [0.2, 0.25) is 0 Å². The van der Waals surface area contributed by atoms with Gasteiger partial charge in [0.05, 0.1) is 38.2 Å². The Bertz CT molecular complexity index is 1400. The number of amides is 1. The highest BCUT2D eigenvalue weighted by atomic mass is 16.5. The number of benzene rings is 3. The van der Waals surface area contributed by atoms with E-state index < -0.39 is 6.09 Å². The van der Waals surface area contributed by atoms with Crippen LogP contribution in [-0.2, 0) is 0 Å². The molecule has 3 aromatic carbocycles. The summed E-state index contributed by atoms with van der Waals surface area (Å²) in [6.45, 7) is 3.75. The quantitative estimate of drug-likeness (QED) is 0.327. The number of ether oxygens (including phenoxy) is 4. The minimum absolute atomic E-state index is 0.430. The van der Waals surface area contributed by atoms with Gasteiger partial charge in [-0.1, -0.05) is 12.1 Å². The summed E-state index contributed by atoms with van der Waals surface area (Å²) in [5, 5.41) is 10.8. The van der Waals surface area contributed by atoms with Gasteiger partial charge >= 0.3 is 6.09 Å². The maximum absolute atomic E-state index is 12.3. The van der Waals surface area contributed by atoms with Crippen molar-refractivity contribution < 1.29 is 28.8 Å². The molecule has 1 amide bonds. The highest BCUT2D eigenvalue weighted by Gasteiger charge is 2.24. The van der Waals surface area contributed by atoms with Crippen LogP contribution in [-0.4, -0.2) is 37.5 Å². The summed E-state index contributed by atoms with van der Waals surface area (Å²) in [5.74, 6) is 2.78. The SMILES string of the molecule is COc1cc2nccc(Oc3ccc(N(C(=O)O)c4ccccc4OC)c(C)c3C)c2cc1OC. The Morgan fingerprint density at radius 3 is 2.14 bits per heavy atom. The van der Waals surface area contributed by atoms with E-state index in [-0.39, 0.29) is 0 Å². The number of methoxy groups -OCH3 is 3. The van der Waals surface area contributed by atoms with Crippen LogP contribution in [0.1, 0.15) is 11.1 Å². The Balaban J connectivity index is 1.77. The van der Waals surface area contributed by atoms with Gasteiger partial charge in [-0.25, -0.2) is 9.69 Å². The largest absolute Gasteiger partial charge is 0.495 e. The molecule has 0 saturated heterocycles. The molecule has 180 valence electrons. The second-order valence-corrected chi connectivity index (χ2v) is 7.76. The molecule has 0 spiro atoms. The van der Waals surface area contributed by atoms with E-state index in [2.05, 4.69) is 4.98 Å². The molecule has 0 saturated carbocycles. The average molecular weight is 475 g/mol. The van der Waals surface area contributed by atoms with E-state index in [1.807, 2.05) is 19.9 Å². The summed E-state index contributed by atoms with van der Waals surface area (Å²) in [4.78, 5) is 17.9. The summed E-state index contributed by atoms with van der Waals surface area (Å²) in [6.07, 6.45) is 0.542. The monoisotopic (exact) mass is 474 g/mol. The highest BCUT2D eigenvalue weighted by Crippen LogP contribution is 2.41. The van der Waals surface area contributed by atoms with E-state index in [1.165, 1.54) is 12.0 Å². The molecule has 8 heteroatoms. The molecular weight excluding hydrogens is 448 g/mol. The number of rotatable bonds is 7. The van der Waals surface area contributed by atoms with Crippen LogP contribution in [0.4, 0.5) is 16.2 Å². The molecule has 0 bridgehead atoms. The summed E-state index contributed by atoms with van der Waals surface area (Å²) >= 11 is 0. The lowest BCUT2D eigenvalue weighted by Crippen LogP contribution is -2.25. The molecule has 0 aliphatic carbocycles. The first-order chi connectivity index (χ1) is 16.9. The van der Waals surface area contributed by atoms with Gasteiger partial charge in [-0.2, -0.15) is 0 Å². The third kappa shape index (κ3) is 4.38. The molecule has 1 heterocycles. The molecule has 8 nitrogen and oxygen atoms in total.